The molecule has 0 saturated carbocycles. The van der Waals surface area contributed by atoms with Gasteiger partial charge in [0.25, 0.3) is 0 Å². The number of rotatable bonds is 4. The molecule has 0 spiro atoms. The van der Waals surface area contributed by atoms with E-state index in [9.17, 15) is 0 Å². The predicted molar refractivity (Wildman–Crippen MR) is 71.0 cm³/mol. The summed E-state index contributed by atoms with van der Waals surface area (Å²) in [5.74, 6) is 1.33. The lowest BCUT2D eigenvalue weighted by Gasteiger charge is -2.15. The number of anilines is 1. The van der Waals surface area contributed by atoms with Gasteiger partial charge in [-0.2, -0.15) is 0 Å². The lowest BCUT2D eigenvalue weighted by molar-refractivity contribution is 0.715. The van der Waals surface area contributed by atoms with E-state index in [4.69, 9.17) is 18.0 Å². The number of hydrogen-bond donors (Lipinski definition) is 2. The van der Waals surface area contributed by atoms with Crippen molar-refractivity contribution in [2.24, 2.45) is 12.8 Å². The summed E-state index contributed by atoms with van der Waals surface area (Å²) in [6.07, 6.45) is 4.76. The van der Waals surface area contributed by atoms with Crippen molar-refractivity contribution in [2.75, 3.05) is 5.32 Å². The molecule has 0 radical (unpaired) electrons. The number of thiocarbonyl (C=S) groups is 1. The zero-order valence-electron chi connectivity index (χ0n) is 10.0. The van der Waals surface area contributed by atoms with Gasteiger partial charge in [0.1, 0.15) is 17.0 Å². The minimum atomic E-state index is -0.0812. The Labute approximate surface area is 109 Å². The summed E-state index contributed by atoms with van der Waals surface area (Å²) in [7, 11) is 1.87. The maximum Gasteiger partial charge on any atom is 0.155 e. The summed E-state index contributed by atoms with van der Waals surface area (Å²) in [6, 6.07) is -0.0812. The van der Waals surface area contributed by atoms with Gasteiger partial charge in [0, 0.05) is 19.4 Å². The smallest absolute Gasteiger partial charge is 0.155 e. The zero-order valence-corrected chi connectivity index (χ0v) is 10.8. The Morgan fingerprint density at radius 2 is 2.17 bits per heavy atom. The van der Waals surface area contributed by atoms with Gasteiger partial charge in [-0.25, -0.2) is 9.97 Å². The van der Waals surface area contributed by atoms with Gasteiger partial charge in [0.15, 0.2) is 11.6 Å². The molecule has 0 bridgehead atoms. The van der Waals surface area contributed by atoms with Crippen LogP contribution in [0.15, 0.2) is 18.7 Å². The van der Waals surface area contributed by atoms with E-state index >= 15 is 0 Å². The van der Waals surface area contributed by atoms with E-state index in [1.165, 1.54) is 0 Å². The first-order chi connectivity index (χ1) is 8.59. The fourth-order valence-electron chi connectivity index (χ4n) is 1.58. The monoisotopic (exact) mass is 263 g/mol. The second kappa shape index (κ2) is 5.05. The van der Waals surface area contributed by atoms with Crippen LogP contribution < -0.4 is 11.1 Å². The molecule has 2 aromatic rings. The summed E-state index contributed by atoms with van der Waals surface area (Å²) in [6.45, 7) is 1.95. The Hall–Kier alpha value is -2.09. The number of nitrogens with one attached hydrogen (secondary N) is 1. The molecule has 3 N–H and O–H groups in total. The molecule has 94 valence electrons. The molecule has 1 unspecified atom stereocenters. The molecule has 0 aliphatic rings. The van der Waals surface area contributed by atoms with Gasteiger partial charge in [0.2, 0.25) is 0 Å². The molecule has 0 aromatic carbocycles. The topological polar surface area (TPSA) is 94.5 Å². The summed E-state index contributed by atoms with van der Waals surface area (Å²) in [5.41, 5.74) is 6.07. The molecule has 18 heavy (non-hydrogen) atoms. The first-order valence-electron chi connectivity index (χ1n) is 5.31. The minimum Gasteiger partial charge on any atom is -0.388 e. The molecule has 2 heterocycles. The highest BCUT2D eigenvalue weighted by Crippen LogP contribution is 2.17. The Morgan fingerprint density at radius 3 is 2.78 bits per heavy atom. The van der Waals surface area contributed by atoms with Crippen molar-refractivity contribution in [3.05, 3.63) is 30.2 Å². The number of hydrogen-bond acceptors (Lipinski definition) is 6. The van der Waals surface area contributed by atoms with Crippen LogP contribution in [0.1, 0.15) is 24.5 Å². The van der Waals surface area contributed by atoms with Crippen LogP contribution in [0.4, 0.5) is 5.82 Å². The highest BCUT2D eigenvalue weighted by Gasteiger charge is 2.15. The zero-order chi connectivity index (χ0) is 13.1. The van der Waals surface area contributed by atoms with Crippen LogP contribution in [0.25, 0.3) is 0 Å². The fourth-order valence-corrected chi connectivity index (χ4v) is 1.73. The van der Waals surface area contributed by atoms with Crippen LogP contribution in [0, 0.1) is 0 Å². The van der Waals surface area contributed by atoms with Gasteiger partial charge in [-0.15, -0.1) is 10.2 Å². The number of aromatic nitrogens is 5. The quantitative estimate of drug-likeness (QED) is 0.771. The first-order valence-corrected chi connectivity index (χ1v) is 5.71. The molecule has 0 saturated heterocycles. The number of nitrogens with zero attached hydrogens (tertiary/aromatic N) is 5. The summed E-state index contributed by atoms with van der Waals surface area (Å²) < 4.78 is 1.83. The average Bonchev–Trinajstić information content (AvgIpc) is 2.76. The molecule has 2 aromatic heterocycles. The lowest BCUT2D eigenvalue weighted by Crippen LogP contribution is -2.19. The Balaban J connectivity index is 2.25. The van der Waals surface area contributed by atoms with Crippen LogP contribution in [-0.2, 0) is 7.05 Å². The molecule has 0 aliphatic heterocycles. The average molecular weight is 263 g/mol. The number of aryl methyl sites for hydroxylation is 1. The summed E-state index contributed by atoms with van der Waals surface area (Å²) in [4.78, 5) is 8.49. The van der Waals surface area contributed by atoms with E-state index in [0.717, 1.165) is 5.82 Å². The molecule has 0 amide bonds. The third-order valence-electron chi connectivity index (χ3n) is 2.42. The van der Waals surface area contributed by atoms with Crippen LogP contribution in [0.2, 0.25) is 0 Å². The van der Waals surface area contributed by atoms with Gasteiger partial charge in [-0.05, 0) is 6.92 Å². The molecule has 0 aliphatic carbocycles. The van der Waals surface area contributed by atoms with Gasteiger partial charge in [-0.3, -0.25) is 0 Å². The Bertz CT molecular complexity index is 565. The second-order valence-corrected chi connectivity index (χ2v) is 4.22. The maximum absolute atomic E-state index is 5.59. The highest BCUT2D eigenvalue weighted by molar-refractivity contribution is 7.80. The van der Waals surface area contributed by atoms with Gasteiger partial charge < -0.3 is 15.6 Å². The maximum atomic E-state index is 5.59. The molecular formula is C10H13N7S. The molecule has 1 atom stereocenters. The molecule has 2 rings (SSSR count). The van der Waals surface area contributed by atoms with Crippen LogP contribution in [0.5, 0.6) is 0 Å². The van der Waals surface area contributed by atoms with Crippen molar-refractivity contribution in [3.63, 3.8) is 0 Å². The third kappa shape index (κ3) is 2.43. The Morgan fingerprint density at radius 1 is 1.44 bits per heavy atom. The van der Waals surface area contributed by atoms with E-state index in [2.05, 4.69) is 25.5 Å². The third-order valence-corrected chi connectivity index (χ3v) is 2.61. The van der Waals surface area contributed by atoms with Gasteiger partial charge >= 0.3 is 0 Å². The Kier molecular flexibility index (Phi) is 3.47. The minimum absolute atomic E-state index is 0.0812. The summed E-state index contributed by atoms with van der Waals surface area (Å²) in [5, 5.41) is 11.0. The van der Waals surface area contributed by atoms with Crippen molar-refractivity contribution in [1.82, 2.24) is 24.7 Å². The van der Waals surface area contributed by atoms with E-state index in [1.54, 1.807) is 18.7 Å². The van der Waals surface area contributed by atoms with Crippen LogP contribution in [-0.4, -0.2) is 29.7 Å². The van der Waals surface area contributed by atoms with E-state index in [0.29, 0.717) is 11.5 Å². The second-order valence-electron chi connectivity index (χ2n) is 3.78. The predicted octanol–water partition coefficient (Wildman–Crippen LogP) is 0.412. The highest BCUT2D eigenvalue weighted by atomic mass is 32.1. The van der Waals surface area contributed by atoms with E-state index in [1.807, 2.05) is 18.5 Å². The van der Waals surface area contributed by atoms with Crippen molar-refractivity contribution >= 4 is 23.0 Å². The largest absolute Gasteiger partial charge is 0.388 e. The fraction of sp³-hybridized carbons (Fsp3) is 0.300. The van der Waals surface area contributed by atoms with Gasteiger partial charge in [0.05, 0.1) is 6.04 Å². The van der Waals surface area contributed by atoms with Crippen molar-refractivity contribution in [1.29, 1.82) is 0 Å². The van der Waals surface area contributed by atoms with E-state index < -0.39 is 0 Å². The van der Waals surface area contributed by atoms with Gasteiger partial charge in [-0.1, -0.05) is 12.2 Å². The molecule has 0 fully saturated rings. The SMILES string of the molecule is CC(Nc1nccnc1C(N)=S)c1nncn1C. The normalized spacial score (nSPS) is 12.1. The molecular weight excluding hydrogens is 250 g/mol. The van der Waals surface area contributed by atoms with Crippen LogP contribution in [0.3, 0.4) is 0 Å². The molecule has 8 heteroatoms. The van der Waals surface area contributed by atoms with Crippen molar-refractivity contribution in [2.45, 2.75) is 13.0 Å². The van der Waals surface area contributed by atoms with E-state index in [-0.39, 0.29) is 11.0 Å². The molecule has 7 nitrogen and oxygen atoms in total. The lowest BCUT2D eigenvalue weighted by atomic mass is 10.3. The van der Waals surface area contributed by atoms with Crippen molar-refractivity contribution < 1.29 is 0 Å². The summed E-state index contributed by atoms with van der Waals surface area (Å²) >= 11 is 4.93. The standard InChI is InChI=1S/C10H13N7S/c1-6(10-16-14-5-17(10)2)15-9-7(8(11)18)12-3-4-13-9/h3-6H,1-2H3,(H2,11,18)(H,13,15). The van der Waals surface area contributed by atoms with Crippen LogP contribution >= 0.6 is 12.2 Å². The number of nitrogens with two attached hydrogens (primary N) is 1. The first kappa shape index (κ1) is 12.4. The van der Waals surface area contributed by atoms with Crippen molar-refractivity contribution in [3.8, 4) is 0 Å².